The van der Waals surface area contributed by atoms with Gasteiger partial charge in [-0.15, -0.1) is 0 Å². The van der Waals surface area contributed by atoms with Gasteiger partial charge in [0.1, 0.15) is 63.8 Å². The fraction of sp³-hybridized carbons (Fsp3) is 0.208. The van der Waals surface area contributed by atoms with Crippen molar-refractivity contribution in [1.29, 1.82) is 10.5 Å². The van der Waals surface area contributed by atoms with Gasteiger partial charge in [0.25, 0.3) is 17.7 Å². The predicted octanol–water partition coefficient (Wildman–Crippen LogP) is 16.1. The first-order chi connectivity index (χ1) is 48.1. The summed E-state index contributed by atoms with van der Waals surface area (Å²) >= 11 is 22.2. The minimum absolute atomic E-state index is 0. The van der Waals surface area contributed by atoms with E-state index in [1.165, 1.54) is 48.8 Å². The number of nitrogens with zero attached hydrogens (tertiary/aromatic N) is 6. The van der Waals surface area contributed by atoms with Gasteiger partial charge in [0.05, 0.1) is 38.3 Å². The van der Waals surface area contributed by atoms with Gasteiger partial charge in [-0.1, -0.05) is 97.7 Å². The molecule has 0 unspecified atom stereocenters. The monoisotopic (exact) mass is 1510 g/mol. The van der Waals surface area contributed by atoms with Crippen LogP contribution in [-0.4, -0.2) is 89.4 Å². The Labute approximate surface area is 607 Å². The first-order valence-corrected chi connectivity index (χ1v) is 31.4. The molecule has 6 aromatic carbocycles. The standard InChI is InChI=1S/C24H20ClF3N4O2.C22H15ClF3N3O2.C16H13ClF3NO2.C6H3ClN2.C2H8N2.2CH4/c25-20-5-4-16(13-19(20)24(26,27)28)23(33)32-8-6-15-2-1-3-17(12-15)34-18-7-9-29-21(14-18)22-30-10-11-31-22;23-20-5-4-15(11-19(20)22(24,25)26)21(30)29-8-6-14-2-1-3-17(10-14)31-18-7-9-28-16(12-18)13-27;17-14-5-4-11(9-13(14)16(18,19)20)15(23)21-7-6-10-2-1-3-12(22)8-10;7-5-1-2-9-6(3-5)4-8;3-1-2-4;;/h1-5,7,9,12-14H,6,8,10-11H2,(H,30,31)(H,32,33);1-5,7,9-12H,6,8H2,(H,29,30);1-5,8-9,22H,6-7H2,(H,21,23);1-3H;1-4H2;2*1H4. The van der Waals surface area contributed by atoms with Gasteiger partial charge in [-0.3, -0.25) is 24.4 Å². The number of amidine groups is 1. The molecule has 0 spiro atoms. The van der Waals surface area contributed by atoms with E-state index < -0.39 is 68.0 Å². The third-order valence-electron chi connectivity index (χ3n) is 13.4. The second-order valence-corrected chi connectivity index (χ2v) is 22.5. The number of aliphatic imine (C=N–C) groups is 1. The number of nitriles is 2. The quantitative estimate of drug-likeness (QED) is 0.0393. The van der Waals surface area contributed by atoms with Crippen LogP contribution in [0.15, 0.2) is 187 Å². The molecule has 0 aliphatic carbocycles. The third-order valence-corrected chi connectivity index (χ3v) is 14.6. The number of amides is 3. The van der Waals surface area contributed by atoms with E-state index in [0.29, 0.717) is 78.3 Å². The minimum Gasteiger partial charge on any atom is -0.508 e. The van der Waals surface area contributed by atoms with Crippen LogP contribution in [0.1, 0.15) is 96.4 Å². The second-order valence-electron chi connectivity index (χ2n) is 20.8. The number of hydrogen-bond acceptors (Lipinski definition) is 15. The molecule has 0 bridgehead atoms. The lowest BCUT2D eigenvalue weighted by Gasteiger charge is -2.12. The van der Waals surface area contributed by atoms with E-state index in [1.54, 1.807) is 72.9 Å². The van der Waals surface area contributed by atoms with Crippen molar-refractivity contribution in [3.8, 4) is 40.9 Å². The SMILES string of the molecule is C.C.N#Cc1cc(Cl)ccn1.N#Cc1cc(Oc2cccc(CCNC(=O)c3ccc(Cl)c(C(F)(F)F)c3)c2)ccn1.NCCN.O=C(NCCc1cccc(O)c1)c1ccc(Cl)c(C(F)(F)F)c1.O=C(NCCc1cccc(Oc2ccnc(C3=NCCN3)c2)c1)c1ccc(Cl)c(C(F)(F)F)c1. The number of nitrogens with one attached hydrogen (secondary N) is 4. The number of nitrogens with two attached hydrogens (primary N) is 2. The molecule has 9 aromatic rings. The number of alkyl halides is 9. The second kappa shape index (κ2) is 41.4. The fourth-order valence-corrected chi connectivity index (χ4v) is 9.44. The number of pyridine rings is 3. The molecule has 0 saturated heterocycles. The van der Waals surface area contributed by atoms with Crippen molar-refractivity contribution < 1.29 is 68.5 Å². The molecule has 0 saturated carbocycles. The van der Waals surface area contributed by atoms with Crippen molar-refractivity contribution in [3.63, 3.8) is 0 Å². The molecule has 0 radical (unpaired) electrons. The number of carbonyl (C=O) groups is 3. The minimum atomic E-state index is -4.64. The van der Waals surface area contributed by atoms with E-state index in [1.807, 2.05) is 36.4 Å². The van der Waals surface area contributed by atoms with Gasteiger partial charge in [0.15, 0.2) is 0 Å². The zero-order valence-corrected chi connectivity index (χ0v) is 55.7. The van der Waals surface area contributed by atoms with Gasteiger partial charge in [0.2, 0.25) is 0 Å². The average Bonchev–Trinajstić information content (AvgIpc) is 1.69. The van der Waals surface area contributed by atoms with E-state index in [-0.39, 0.29) is 62.6 Å². The molecule has 542 valence electrons. The number of hydrogen-bond donors (Lipinski definition) is 7. The lowest BCUT2D eigenvalue weighted by Crippen LogP contribution is -2.26. The Kier molecular flexibility index (Phi) is 34.1. The summed E-state index contributed by atoms with van der Waals surface area (Å²) in [7, 11) is 0. The summed E-state index contributed by atoms with van der Waals surface area (Å²) in [5, 5.41) is 36.6. The number of phenolic OH excluding ortho intramolecular Hbond substituents is 1. The fourth-order valence-electron chi connectivity index (χ4n) is 8.61. The van der Waals surface area contributed by atoms with Crippen molar-refractivity contribution in [1.82, 2.24) is 36.2 Å². The lowest BCUT2D eigenvalue weighted by molar-refractivity contribution is -0.138. The molecule has 3 amide bonds. The normalized spacial score (nSPS) is 11.2. The Bertz CT molecular complexity index is 4420. The van der Waals surface area contributed by atoms with E-state index in [4.69, 9.17) is 77.9 Å². The highest BCUT2D eigenvalue weighted by atomic mass is 35.5. The van der Waals surface area contributed by atoms with Gasteiger partial charge in [-0.2, -0.15) is 50.0 Å². The summed E-state index contributed by atoms with van der Waals surface area (Å²) in [6, 6.07) is 43.7. The Balaban J connectivity index is 0.000000301. The molecule has 0 atom stereocenters. The molecule has 0 fully saturated rings. The number of rotatable bonds is 18. The van der Waals surface area contributed by atoms with Crippen molar-refractivity contribution in [2.75, 3.05) is 45.8 Å². The molecular weight excluding hydrogens is 1440 g/mol. The van der Waals surface area contributed by atoms with Crippen molar-refractivity contribution in [2.24, 2.45) is 16.5 Å². The first kappa shape index (κ1) is 84.9. The highest BCUT2D eigenvalue weighted by molar-refractivity contribution is 6.32. The average molecular weight is 1510 g/mol. The van der Waals surface area contributed by atoms with Crippen molar-refractivity contribution >= 4 is 70.0 Å². The zero-order chi connectivity index (χ0) is 73.7. The highest BCUT2D eigenvalue weighted by Crippen LogP contribution is 2.38. The van der Waals surface area contributed by atoms with Crippen LogP contribution in [0.4, 0.5) is 39.5 Å². The molecule has 1 aliphatic heterocycles. The Morgan fingerprint density at radius 1 is 0.495 bits per heavy atom. The van der Waals surface area contributed by atoms with Crippen LogP contribution < -0.4 is 42.2 Å². The lowest BCUT2D eigenvalue weighted by atomic mass is 10.1. The van der Waals surface area contributed by atoms with Crippen molar-refractivity contribution in [2.45, 2.75) is 52.6 Å². The Morgan fingerprint density at radius 3 is 1.24 bits per heavy atom. The van der Waals surface area contributed by atoms with Gasteiger partial charge in [0, 0.05) is 91.7 Å². The maximum Gasteiger partial charge on any atom is 0.417 e. The number of ether oxygens (including phenoxy) is 2. The topological polar surface area (TPSA) is 289 Å². The van der Waals surface area contributed by atoms with Crippen LogP contribution in [0.5, 0.6) is 28.7 Å². The van der Waals surface area contributed by atoms with Crippen LogP contribution in [0.25, 0.3) is 0 Å². The molecule has 4 heterocycles. The number of aromatic nitrogens is 3. The summed E-state index contributed by atoms with van der Waals surface area (Å²) in [5.41, 5.74) is 10.1. The number of benzene rings is 6. The van der Waals surface area contributed by atoms with E-state index >= 15 is 0 Å². The largest absolute Gasteiger partial charge is 0.508 e. The molecule has 1 aliphatic rings. The highest BCUT2D eigenvalue weighted by Gasteiger charge is 2.36. The Morgan fingerprint density at radius 2 is 0.874 bits per heavy atom. The molecular formula is C72H67Cl4F9N12O6. The molecule has 18 nitrogen and oxygen atoms in total. The number of halogens is 13. The van der Waals surface area contributed by atoms with Crippen LogP contribution in [0.3, 0.4) is 0 Å². The van der Waals surface area contributed by atoms with E-state index in [9.17, 15) is 59.0 Å². The van der Waals surface area contributed by atoms with Crippen LogP contribution in [0, 0.1) is 22.7 Å². The zero-order valence-electron chi connectivity index (χ0n) is 52.6. The maximum absolute atomic E-state index is 13.0. The number of aromatic hydroxyl groups is 1. The first-order valence-electron chi connectivity index (χ1n) is 29.9. The maximum atomic E-state index is 13.0. The van der Waals surface area contributed by atoms with E-state index in [2.05, 4.69) is 41.2 Å². The Hall–Kier alpha value is -10.5. The van der Waals surface area contributed by atoms with Crippen molar-refractivity contribution in [3.05, 3.63) is 270 Å². The smallest absolute Gasteiger partial charge is 0.417 e. The van der Waals surface area contributed by atoms with Crippen LogP contribution in [-0.2, 0) is 37.8 Å². The third kappa shape index (κ3) is 28.4. The summed E-state index contributed by atoms with van der Waals surface area (Å²) < 4.78 is 128. The van der Waals surface area contributed by atoms with Gasteiger partial charge >= 0.3 is 18.5 Å². The molecule has 103 heavy (non-hydrogen) atoms. The van der Waals surface area contributed by atoms with Gasteiger partial charge < -0.3 is 47.3 Å². The van der Waals surface area contributed by atoms with Gasteiger partial charge in [-0.05, 0) is 151 Å². The van der Waals surface area contributed by atoms with Crippen LogP contribution in [0.2, 0.25) is 20.1 Å². The molecule has 31 heteroatoms. The molecule has 10 rings (SSSR count). The number of phenols is 1. The van der Waals surface area contributed by atoms with Crippen LogP contribution >= 0.6 is 46.4 Å². The summed E-state index contributed by atoms with van der Waals surface area (Å²) in [6.45, 7) is 3.36. The number of carbonyl (C=O) groups excluding carboxylic acids is 3. The molecule has 3 aromatic heterocycles. The molecule has 9 N–H and O–H groups in total. The summed E-state index contributed by atoms with van der Waals surface area (Å²) in [4.78, 5) is 52.7. The van der Waals surface area contributed by atoms with E-state index in [0.717, 1.165) is 65.5 Å². The summed E-state index contributed by atoms with van der Waals surface area (Å²) in [5.74, 6) is 1.20. The van der Waals surface area contributed by atoms with Gasteiger partial charge in [-0.25, -0.2) is 9.97 Å². The summed E-state index contributed by atoms with van der Waals surface area (Å²) in [6.07, 6.45) is -7.94. The predicted molar refractivity (Wildman–Crippen MR) is 377 cm³/mol.